The fraction of sp³-hybridized carbons (Fsp3) is 0.250. The van der Waals surface area contributed by atoms with Crippen molar-refractivity contribution in [3.8, 4) is 0 Å². The highest BCUT2D eigenvalue weighted by Gasteiger charge is 2.16. The second-order valence-corrected chi connectivity index (χ2v) is 5.11. The predicted molar refractivity (Wildman–Crippen MR) is 57.1 cm³/mol. The van der Waals surface area contributed by atoms with Gasteiger partial charge in [0.05, 0.1) is 5.37 Å². The van der Waals surface area contributed by atoms with Crippen LogP contribution < -0.4 is 5.32 Å². The maximum Gasteiger partial charge on any atom is 0.0741 e. The van der Waals surface area contributed by atoms with Crippen LogP contribution in [0.25, 0.3) is 0 Å². The first-order valence-electron chi connectivity index (χ1n) is 3.65. The first-order valence-corrected chi connectivity index (χ1v) is 6.17. The highest BCUT2D eigenvalue weighted by atomic mass is 35.7. The Morgan fingerprint density at radius 1 is 1.58 bits per heavy atom. The molecule has 0 bridgehead atoms. The van der Waals surface area contributed by atoms with Crippen molar-refractivity contribution in [2.24, 2.45) is 0 Å². The Kier molecular flexibility index (Phi) is 2.44. The summed E-state index contributed by atoms with van der Waals surface area (Å²) in [6.45, 7) is 2.15. The van der Waals surface area contributed by atoms with Crippen LogP contribution in [-0.2, 0) is 0 Å². The van der Waals surface area contributed by atoms with E-state index >= 15 is 0 Å². The molecule has 1 heterocycles. The van der Waals surface area contributed by atoms with Crippen molar-refractivity contribution in [3.05, 3.63) is 18.2 Å². The van der Waals surface area contributed by atoms with E-state index in [0.29, 0.717) is 5.37 Å². The molecule has 1 N–H and O–H groups in total. The van der Waals surface area contributed by atoms with Gasteiger partial charge in [-0.25, -0.2) is 0 Å². The van der Waals surface area contributed by atoms with Crippen LogP contribution in [0.3, 0.4) is 0 Å². The second-order valence-electron chi connectivity index (χ2n) is 2.64. The zero-order valence-electron chi connectivity index (χ0n) is 6.50. The SMILES string of the molecule is CC1Nc2ccc(SCl)cc2S1. The summed E-state index contributed by atoms with van der Waals surface area (Å²) >= 11 is 1.84. The van der Waals surface area contributed by atoms with Gasteiger partial charge in [-0.1, -0.05) is 11.8 Å². The third-order valence-corrected chi connectivity index (χ3v) is 3.73. The molecule has 0 saturated carbocycles. The predicted octanol–water partition coefficient (Wildman–Crippen LogP) is 3.80. The minimum atomic E-state index is 0.482. The lowest BCUT2D eigenvalue weighted by Crippen LogP contribution is -2.02. The van der Waals surface area contributed by atoms with E-state index < -0.39 is 0 Å². The van der Waals surface area contributed by atoms with Crippen molar-refractivity contribution < 1.29 is 0 Å². The number of nitrogens with one attached hydrogen (secondary N) is 1. The fourth-order valence-corrected chi connectivity index (χ4v) is 2.87. The molecule has 1 aliphatic rings. The Labute approximate surface area is 84.8 Å². The van der Waals surface area contributed by atoms with Crippen molar-refractivity contribution in [1.82, 2.24) is 0 Å². The lowest BCUT2D eigenvalue weighted by Gasteiger charge is -2.00. The topological polar surface area (TPSA) is 12.0 Å². The van der Waals surface area contributed by atoms with E-state index in [-0.39, 0.29) is 0 Å². The molecule has 12 heavy (non-hydrogen) atoms. The highest BCUT2D eigenvalue weighted by molar-refractivity contribution is 8.21. The summed E-state index contributed by atoms with van der Waals surface area (Å²) in [5.41, 5.74) is 1.22. The molecule has 0 spiro atoms. The van der Waals surface area contributed by atoms with Gasteiger partial charge in [-0.2, -0.15) is 0 Å². The summed E-state index contributed by atoms with van der Waals surface area (Å²) < 4.78 is 0. The van der Waals surface area contributed by atoms with Crippen molar-refractivity contribution >= 4 is 39.1 Å². The minimum absolute atomic E-state index is 0.482. The van der Waals surface area contributed by atoms with Crippen molar-refractivity contribution in [2.45, 2.75) is 22.1 Å². The number of fused-ring (bicyclic) bond motifs is 1. The van der Waals surface area contributed by atoms with Crippen LogP contribution in [0.5, 0.6) is 0 Å². The number of anilines is 1. The van der Waals surface area contributed by atoms with Gasteiger partial charge in [-0.05, 0) is 46.8 Å². The van der Waals surface area contributed by atoms with Crippen LogP contribution in [-0.4, -0.2) is 5.37 Å². The molecule has 4 heteroatoms. The van der Waals surface area contributed by atoms with Crippen molar-refractivity contribution in [3.63, 3.8) is 0 Å². The molecule has 1 aromatic rings. The fourth-order valence-electron chi connectivity index (χ4n) is 1.21. The summed E-state index contributed by atoms with van der Waals surface area (Å²) in [5, 5.41) is 3.84. The molecule has 1 nitrogen and oxygen atoms in total. The number of hydrogen-bond acceptors (Lipinski definition) is 3. The first kappa shape index (κ1) is 8.60. The molecule has 0 aliphatic carbocycles. The Hall–Kier alpha value is 0.01000. The maximum absolute atomic E-state index is 5.65. The van der Waals surface area contributed by atoms with E-state index in [1.807, 2.05) is 17.8 Å². The van der Waals surface area contributed by atoms with E-state index in [9.17, 15) is 0 Å². The molecule has 0 fully saturated rings. The van der Waals surface area contributed by atoms with Gasteiger partial charge in [0, 0.05) is 15.5 Å². The zero-order chi connectivity index (χ0) is 8.55. The van der Waals surface area contributed by atoms with Crippen LogP contribution >= 0.6 is 33.4 Å². The van der Waals surface area contributed by atoms with Gasteiger partial charge in [-0.15, -0.1) is 0 Å². The molecule has 1 atom stereocenters. The normalized spacial score (nSPS) is 20.3. The van der Waals surface area contributed by atoms with Crippen LogP contribution in [0.4, 0.5) is 5.69 Å². The van der Waals surface area contributed by atoms with Gasteiger partial charge in [0.25, 0.3) is 0 Å². The Morgan fingerprint density at radius 3 is 3.17 bits per heavy atom. The second kappa shape index (κ2) is 3.40. The van der Waals surface area contributed by atoms with Gasteiger partial charge in [-0.3, -0.25) is 0 Å². The first-order chi connectivity index (χ1) is 5.79. The van der Waals surface area contributed by atoms with Crippen molar-refractivity contribution in [2.75, 3.05) is 5.32 Å². The standard InChI is InChI=1S/C8H8ClNS2/c1-5-10-7-3-2-6(12-9)4-8(7)11-5/h2-5,10H,1H3. The highest BCUT2D eigenvalue weighted by Crippen LogP contribution is 2.40. The van der Waals surface area contributed by atoms with Gasteiger partial charge in [0.15, 0.2) is 0 Å². The lowest BCUT2D eigenvalue weighted by molar-refractivity contribution is 1.15. The smallest absolute Gasteiger partial charge is 0.0741 e. The molecular weight excluding hydrogens is 210 g/mol. The molecule has 0 aromatic heterocycles. The van der Waals surface area contributed by atoms with Gasteiger partial charge in [0.2, 0.25) is 0 Å². The van der Waals surface area contributed by atoms with Gasteiger partial charge >= 0.3 is 0 Å². The number of thioether (sulfide) groups is 1. The van der Waals surface area contributed by atoms with E-state index in [4.69, 9.17) is 10.7 Å². The average Bonchev–Trinajstić information content (AvgIpc) is 2.43. The summed E-state index contributed by atoms with van der Waals surface area (Å²) in [7, 11) is 6.92. The summed E-state index contributed by atoms with van der Waals surface area (Å²) in [4.78, 5) is 2.41. The molecule has 1 aromatic carbocycles. The van der Waals surface area contributed by atoms with E-state index in [2.05, 4.69) is 24.4 Å². The molecule has 0 radical (unpaired) electrons. The van der Waals surface area contributed by atoms with Crippen LogP contribution in [0.15, 0.2) is 28.0 Å². The number of halogens is 1. The molecule has 2 rings (SSSR count). The van der Waals surface area contributed by atoms with E-state index in [1.165, 1.54) is 21.6 Å². The van der Waals surface area contributed by atoms with Gasteiger partial charge in [0.1, 0.15) is 0 Å². The maximum atomic E-state index is 5.65. The van der Waals surface area contributed by atoms with Crippen LogP contribution in [0.1, 0.15) is 6.92 Å². The van der Waals surface area contributed by atoms with E-state index in [0.717, 1.165) is 4.90 Å². The summed E-state index contributed by atoms with van der Waals surface area (Å²) in [6.07, 6.45) is 0. The number of benzene rings is 1. The molecule has 1 aliphatic heterocycles. The van der Waals surface area contributed by atoms with Gasteiger partial charge < -0.3 is 5.32 Å². The zero-order valence-corrected chi connectivity index (χ0v) is 8.89. The van der Waals surface area contributed by atoms with Crippen LogP contribution in [0, 0.1) is 0 Å². The summed E-state index contributed by atoms with van der Waals surface area (Å²) in [6, 6.07) is 6.23. The minimum Gasteiger partial charge on any atom is -0.372 e. The third kappa shape index (κ3) is 1.53. The molecule has 0 amide bonds. The summed E-state index contributed by atoms with van der Waals surface area (Å²) in [5.74, 6) is 0. The van der Waals surface area contributed by atoms with Crippen molar-refractivity contribution in [1.29, 1.82) is 0 Å². The molecule has 0 saturated heterocycles. The Balaban J connectivity index is 2.35. The molecule has 1 unspecified atom stereocenters. The molecule has 64 valence electrons. The molecular formula is C8H8ClNS2. The number of hydrogen-bond donors (Lipinski definition) is 1. The van der Waals surface area contributed by atoms with E-state index in [1.54, 1.807) is 0 Å². The quantitative estimate of drug-likeness (QED) is 0.769. The number of rotatable bonds is 1. The Bertz CT molecular complexity index is 303. The Morgan fingerprint density at radius 2 is 2.42 bits per heavy atom. The lowest BCUT2D eigenvalue weighted by atomic mass is 10.3. The average molecular weight is 218 g/mol. The monoisotopic (exact) mass is 217 g/mol. The van der Waals surface area contributed by atoms with Crippen LogP contribution in [0.2, 0.25) is 0 Å². The third-order valence-electron chi connectivity index (χ3n) is 1.70. The largest absolute Gasteiger partial charge is 0.372 e.